The molecule has 128 valence electrons. The number of imidazole rings is 1. The Kier molecular flexibility index (Phi) is 3.80. The number of aryl methyl sites for hydroxylation is 1. The average Bonchev–Trinajstić information content (AvgIpc) is 3.00. The van der Waals surface area contributed by atoms with Crippen LogP contribution in [0.1, 0.15) is 18.9 Å². The molecule has 3 aromatic rings. The Hall–Kier alpha value is -3.02. The second-order valence-electron chi connectivity index (χ2n) is 6.43. The van der Waals surface area contributed by atoms with E-state index in [0.717, 1.165) is 30.6 Å². The zero-order chi connectivity index (χ0) is 17.4. The van der Waals surface area contributed by atoms with Crippen molar-refractivity contribution in [1.29, 1.82) is 0 Å². The fraction of sp³-hybridized carbons (Fsp3) is 0.263. The highest BCUT2D eigenvalue weighted by Crippen LogP contribution is 2.28. The molecule has 6 nitrogen and oxygen atoms in total. The molecule has 0 aliphatic carbocycles. The second-order valence-corrected chi connectivity index (χ2v) is 6.43. The third kappa shape index (κ3) is 2.91. The van der Waals surface area contributed by atoms with Crippen LogP contribution in [0.4, 0.5) is 11.4 Å². The first-order valence-electron chi connectivity index (χ1n) is 8.49. The van der Waals surface area contributed by atoms with E-state index in [1.807, 2.05) is 19.1 Å². The van der Waals surface area contributed by atoms with Gasteiger partial charge < -0.3 is 20.2 Å². The van der Waals surface area contributed by atoms with Crippen LogP contribution in [0.2, 0.25) is 0 Å². The van der Waals surface area contributed by atoms with Gasteiger partial charge in [0.2, 0.25) is 5.91 Å². The molecule has 4 rings (SSSR count). The van der Waals surface area contributed by atoms with Gasteiger partial charge in [-0.2, -0.15) is 0 Å². The van der Waals surface area contributed by atoms with E-state index in [0.29, 0.717) is 11.2 Å². The zero-order valence-electron chi connectivity index (χ0n) is 14.0. The van der Waals surface area contributed by atoms with Crippen molar-refractivity contribution in [2.24, 2.45) is 0 Å². The largest absolute Gasteiger partial charge is 0.360 e. The van der Waals surface area contributed by atoms with Crippen LogP contribution in [-0.4, -0.2) is 28.5 Å². The van der Waals surface area contributed by atoms with Crippen LogP contribution in [0.25, 0.3) is 11.0 Å². The van der Waals surface area contributed by atoms with E-state index in [1.54, 1.807) is 18.2 Å². The van der Waals surface area contributed by atoms with Crippen LogP contribution < -0.4 is 15.9 Å². The Morgan fingerprint density at radius 2 is 1.96 bits per heavy atom. The molecule has 25 heavy (non-hydrogen) atoms. The second kappa shape index (κ2) is 6.12. The molecule has 1 aliphatic rings. The minimum Gasteiger partial charge on any atom is -0.360 e. The molecular formula is C19H20N4O2. The van der Waals surface area contributed by atoms with E-state index in [-0.39, 0.29) is 17.6 Å². The number of amides is 1. The van der Waals surface area contributed by atoms with Crippen molar-refractivity contribution in [3.05, 3.63) is 58.5 Å². The number of hydrogen-bond acceptors (Lipinski definition) is 3. The summed E-state index contributed by atoms with van der Waals surface area (Å²) in [6.07, 6.45) is 2.10. The van der Waals surface area contributed by atoms with Crippen molar-refractivity contribution >= 4 is 28.3 Å². The van der Waals surface area contributed by atoms with Crippen LogP contribution in [0.5, 0.6) is 0 Å². The van der Waals surface area contributed by atoms with E-state index in [9.17, 15) is 9.59 Å². The first kappa shape index (κ1) is 15.5. The van der Waals surface area contributed by atoms with Gasteiger partial charge in [0.1, 0.15) is 6.04 Å². The van der Waals surface area contributed by atoms with Gasteiger partial charge >= 0.3 is 5.69 Å². The number of fused-ring (bicyclic) bond motifs is 2. The molecule has 1 aromatic heterocycles. The highest BCUT2D eigenvalue weighted by atomic mass is 16.2. The van der Waals surface area contributed by atoms with Crippen LogP contribution in [-0.2, 0) is 11.2 Å². The summed E-state index contributed by atoms with van der Waals surface area (Å²) in [7, 11) is 0. The molecule has 2 heterocycles. The number of nitrogens with zero attached hydrogens (tertiary/aromatic N) is 1. The Morgan fingerprint density at radius 3 is 2.84 bits per heavy atom. The lowest BCUT2D eigenvalue weighted by molar-refractivity contribution is -0.117. The molecule has 0 saturated carbocycles. The van der Waals surface area contributed by atoms with Gasteiger partial charge in [-0.1, -0.05) is 18.2 Å². The molecule has 0 bridgehead atoms. The van der Waals surface area contributed by atoms with Crippen LogP contribution in [0, 0.1) is 0 Å². The molecule has 3 N–H and O–H groups in total. The molecule has 1 unspecified atom stereocenters. The number of aromatic nitrogens is 2. The molecule has 0 radical (unpaired) electrons. The van der Waals surface area contributed by atoms with Gasteiger partial charge in [0.25, 0.3) is 0 Å². The average molecular weight is 336 g/mol. The number of carbonyl (C=O) groups is 1. The van der Waals surface area contributed by atoms with Crippen molar-refractivity contribution in [3.63, 3.8) is 0 Å². The van der Waals surface area contributed by atoms with Crippen LogP contribution >= 0.6 is 0 Å². The summed E-state index contributed by atoms with van der Waals surface area (Å²) < 4.78 is 0. The zero-order valence-corrected chi connectivity index (χ0v) is 14.0. The Morgan fingerprint density at radius 1 is 1.16 bits per heavy atom. The fourth-order valence-electron chi connectivity index (χ4n) is 3.46. The third-order valence-corrected chi connectivity index (χ3v) is 4.78. The van der Waals surface area contributed by atoms with E-state index in [2.05, 4.69) is 32.3 Å². The molecule has 0 fully saturated rings. The number of rotatable bonds is 3. The topological polar surface area (TPSA) is 81.0 Å². The molecule has 0 spiro atoms. The third-order valence-electron chi connectivity index (χ3n) is 4.78. The predicted octanol–water partition coefficient (Wildman–Crippen LogP) is 2.64. The first-order chi connectivity index (χ1) is 12.1. The SMILES string of the molecule is CC(C(=O)Nc1ccc2[nH]c(=O)[nH]c2c1)N1CCCc2ccccc21. The number of anilines is 2. The van der Waals surface area contributed by atoms with E-state index in [1.165, 1.54) is 5.56 Å². The van der Waals surface area contributed by atoms with Gasteiger partial charge in [0, 0.05) is 17.9 Å². The van der Waals surface area contributed by atoms with Gasteiger partial charge in [0.05, 0.1) is 11.0 Å². The molecule has 1 aliphatic heterocycles. The Labute approximate surface area is 144 Å². The maximum absolute atomic E-state index is 12.7. The normalized spacial score (nSPS) is 15.0. The Balaban J connectivity index is 1.55. The summed E-state index contributed by atoms with van der Waals surface area (Å²) in [5, 5.41) is 2.95. The molecular weight excluding hydrogens is 316 g/mol. The van der Waals surface area contributed by atoms with E-state index < -0.39 is 0 Å². The highest BCUT2D eigenvalue weighted by molar-refractivity contribution is 5.98. The highest BCUT2D eigenvalue weighted by Gasteiger charge is 2.25. The minimum atomic E-state index is -0.276. The standard InChI is InChI=1S/C19H20N4O2/c1-12(23-10-4-6-13-5-2-3-7-17(13)23)18(24)20-14-8-9-15-16(11-14)22-19(25)21-15/h2-3,5,7-9,11-12H,4,6,10H2,1H3,(H,20,24)(H2,21,22,25). The molecule has 0 saturated heterocycles. The quantitative estimate of drug-likeness (QED) is 0.688. The van der Waals surface area contributed by atoms with Gasteiger partial charge in [-0.25, -0.2) is 4.79 Å². The molecule has 6 heteroatoms. The lowest BCUT2D eigenvalue weighted by Crippen LogP contribution is -2.44. The van der Waals surface area contributed by atoms with Crippen molar-refractivity contribution in [3.8, 4) is 0 Å². The number of H-pyrrole nitrogens is 2. The van der Waals surface area contributed by atoms with Crippen LogP contribution in [0.15, 0.2) is 47.3 Å². The number of para-hydroxylation sites is 1. The molecule has 1 amide bonds. The summed E-state index contributed by atoms with van der Waals surface area (Å²) in [5.74, 6) is -0.0612. The van der Waals surface area contributed by atoms with Gasteiger partial charge in [-0.3, -0.25) is 4.79 Å². The van der Waals surface area contributed by atoms with Crippen molar-refractivity contribution < 1.29 is 4.79 Å². The van der Waals surface area contributed by atoms with Crippen molar-refractivity contribution in [1.82, 2.24) is 9.97 Å². The fourth-order valence-corrected chi connectivity index (χ4v) is 3.46. The number of nitrogens with one attached hydrogen (secondary N) is 3. The molecule has 1 atom stereocenters. The number of benzene rings is 2. The smallest absolute Gasteiger partial charge is 0.323 e. The molecule has 2 aromatic carbocycles. The first-order valence-corrected chi connectivity index (χ1v) is 8.49. The number of carbonyl (C=O) groups excluding carboxylic acids is 1. The van der Waals surface area contributed by atoms with Gasteiger partial charge in [-0.05, 0) is 49.6 Å². The Bertz CT molecular complexity index is 988. The predicted molar refractivity (Wildman–Crippen MR) is 99.1 cm³/mol. The van der Waals surface area contributed by atoms with Crippen molar-refractivity contribution in [2.75, 3.05) is 16.8 Å². The summed E-state index contributed by atoms with van der Waals surface area (Å²) in [6, 6.07) is 13.3. The number of aromatic amines is 2. The maximum Gasteiger partial charge on any atom is 0.323 e. The lowest BCUT2D eigenvalue weighted by Gasteiger charge is -2.35. The van der Waals surface area contributed by atoms with Gasteiger partial charge in [0.15, 0.2) is 0 Å². The van der Waals surface area contributed by atoms with Gasteiger partial charge in [-0.15, -0.1) is 0 Å². The van der Waals surface area contributed by atoms with Crippen molar-refractivity contribution in [2.45, 2.75) is 25.8 Å². The summed E-state index contributed by atoms with van der Waals surface area (Å²) in [4.78, 5) is 31.6. The van der Waals surface area contributed by atoms with E-state index in [4.69, 9.17) is 0 Å². The minimum absolute atomic E-state index is 0.0612. The van der Waals surface area contributed by atoms with Crippen LogP contribution in [0.3, 0.4) is 0 Å². The maximum atomic E-state index is 12.7. The van der Waals surface area contributed by atoms with E-state index >= 15 is 0 Å². The summed E-state index contributed by atoms with van der Waals surface area (Å²) in [5.41, 5.74) is 4.25. The summed E-state index contributed by atoms with van der Waals surface area (Å²) in [6.45, 7) is 2.80. The number of hydrogen-bond donors (Lipinski definition) is 3. The summed E-state index contributed by atoms with van der Waals surface area (Å²) >= 11 is 0. The lowest BCUT2D eigenvalue weighted by atomic mass is 10.00. The monoisotopic (exact) mass is 336 g/mol.